The van der Waals surface area contributed by atoms with Crippen molar-refractivity contribution in [3.8, 4) is 6.07 Å². The van der Waals surface area contributed by atoms with Gasteiger partial charge in [-0.2, -0.15) is 5.26 Å². The molecule has 2 aromatic rings. The summed E-state index contributed by atoms with van der Waals surface area (Å²) in [6, 6.07) is 12.1. The van der Waals surface area contributed by atoms with Crippen LogP contribution in [0.5, 0.6) is 0 Å². The van der Waals surface area contributed by atoms with Crippen molar-refractivity contribution in [2.75, 3.05) is 23.8 Å². The van der Waals surface area contributed by atoms with Gasteiger partial charge in [-0.05, 0) is 55.3 Å². The number of carbonyl (C=O) groups excluding carboxylic acids is 2. The molecule has 2 aromatic carbocycles. The Hall–Kier alpha value is -3.04. The molecule has 1 amide bonds. The summed E-state index contributed by atoms with van der Waals surface area (Å²) in [5.74, 6) is -1.16. The second-order valence-electron chi connectivity index (χ2n) is 6.11. The summed E-state index contributed by atoms with van der Waals surface area (Å²) in [7, 11) is 0. The van der Waals surface area contributed by atoms with Crippen molar-refractivity contribution in [3.05, 3.63) is 58.1 Å². The molecule has 0 aliphatic heterocycles. The number of ether oxygens (including phenoxy) is 1. The van der Waals surface area contributed by atoms with Gasteiger partial charge in [0.2, 0.25) is 0 Å². The molecule has 0 spiro atoms. The Balaban J connectivity index is 2.15. The van der Waals surface area contributed by atoms with E-state index in [0.29, 0.717) is 10.7 Å². The quantitative estimate of drug-likeness (QED) is 0.604. The Morgan fingerprint density at radius 3 is 2.48 bits per heavy atom. The molecule has 7 heteroatoms. The van der Waals surface area contributed by atoms with Gasteiger partial charge in [0.25, 0.3) is 5.91 Å². The first-order chi connectivity index (χ1) is 12.8. The molecular weight excluding hydrogens is 366 g/mol. The zero-order chi connectivity index (χ0) is 20.0. The third-order valence-electron chi connectivity index (χ3n) is 3.83. The molecule has 0 radical (unpaired) electrons. The largest absolute Gasteiger partial charge is 0.452 e. The van der Waals surface area contributed by atoms with E-state index < -0.39 is 18.5 Å². The smallest absolute Gasteiger partial charge is 0.340 e. The molecule has 0 saturated carbocycles. The number of hydrogen-bond acceptors (Lipinski definition) is 5. The maximum Gasteiger partial charge on any atom is 0.340 e. The molecule has 0 bridgehead atoms. The van der Waals surface area contributed by atoms with Gasteiger partial charge < -0.3 is 15.4 Å². The van der Waals surface area contributed by atoms with E-state index in [9.17, 15) is 9.59 Å². The number of hydrogen-bond donors (Lipinski definition) is 1. The fraction of sp³-hybridized carbons (Fsp3) is 0.250. The van der Waals surface area contributed by atoms with Crippen LogP contribution in [0.15, 0.2) is 36.4 Å². The lowest BCUT2D eigenvalue weighted by Gasteiger charge is -2.22. The van der Waals surface area contributed by atoms with Crippen LogP contribution in [-0.2, 0) is 9.53 Å². The zero-order valence-corrected chi connectivity index (χ0v) is 15.9. The van der Waals surface area contributed by atoms with E-state index in [0.717, 1.165) is 11.1 Å². The molecule has 0 unspecified atom stereocenters. The Kier molecular flexibility index (Phi) is 6.80. The van der Waals surface area contributed by atoms with Gasteiger partial charge in [0.05, 0.1) is 18.1 Å². The normalized spacial score (nSPS) is 10.1. The summed E-state index contributed by atoms with van der Waals surface area (Å²) in [5, 5.41) is 9.22. The average molecular weight is 386 g/mol. The minimum Gasteiger partial charge on any atom is -0.452 e. The van der Waals surface area contributed by atoms with Crippen LogP contribution < -0.4 is 10.6 Å². The minimum absolute atomic E-state index is 0.102. The van der Waals surface area contributed by atoms with Crippen molar-refractivity contribution in [2.24, 2.45) is 0 Å². The van der Waals surface area contributed by atoms with Gasteiger partial charge in [0.15, 0.2) is 6.61 Å². The number of aryl methyl sites for hydroxylation is 2. The molecule has 2 rings (SSSR count). The first-order valence-electron chi connectivity index (χ1n) is 8.29. The maximum atomic E-state index is 12.6. The first kappa shape index (κ1) is 20.3. The highest BCUT2D eigenvalue weighted by atomic mass is 35.5. The van der Waals surface area contributed by atoms with Gasteiger partial charge in [-0.3, -0.25) is 4.79 Å². The van der Waals surface area contributed by atoms with Crippen molar-refractivity contribution >= 4 is 34.9 Å². The molecule has 0 saturated heterocycles. The first-order valence-corrected chi connectivity index (χ1v) is 8.67. The Morgan fingerprint density at radius 2 is 1.85 bits per heavy atom. The lowest BCUT2D eigenvalue weighted by Crippen LogP contribution is -2.35. The molecule has 0 aliphatic rings. The van der Waals surface area contributed by atoms with Crippen molar-refractivity contribution in [2.45, 2.75) is 20.3 Å². The fourth-order valence-electron chi connectivity index (χ4n) is 2.65. The maximum absolute atomic E-state index is 12.6. The Bertz CT molecular complexity index is 886. The summed E-state index contributed by atoms with van der Waals surface area (Å²) in [5.41, 5.74) is 8.71. The number of nitrogens with two attached hydrogens (primary N) is 1. The fourth-order valence-corrected chi connectivity index (χ4v) is 2.83. The molecule has 0 heterocycles. The molecule has 0 atom stereocenters. The number of nitrogen functional groups attached to an aromatic ring is 1. The van der Waals surface area contributed by atoms with Crippen molar-refractivity contribution < 1.29 is 14.3 Å². The highest BCUT2D eigenvalue weighted by Crippen LogP contribution is 2.21. The molecule has 6 nitrogen and oxygen atoms in total. The van der Waals surface area contributed by atoms with E-state index in [4.69, 9.17) is 27.3 Å². The number of halogens is 1. The van der Waals surface area contributed by atoms with E-state index in [2.05, 4.69) is 0 Å². The third kappa shape index (κ3) is 5.47. The van der Waals surface area contributed by atoms with Gasteiger partial charge in [0.1, 0.15) is 0 Å². The van der Waals surface area contributed by atoms with Crippen LogP contribution in [0.4, 0.5) is 11.4 Å². The number of esters is 1. The van der Waals surface area contributed by atoms with E-state index in [1.54, 1.807) is 6.07 Å². The highest BCUT2D eigenvalue weighted by molar-refractivity contribution is 6.31. The van der Waals surface area contributed by atoms with Crippen LogP contribution in [0.3, 0.4) is 0 Å². The van der Waals surface area contributed by atoms with Crippen molar-refractivity contribution in [1.82, 2.24) is 0 Å². The molecule has 2 N–H and O–H groups in total. The summed E-state index contributed by atoms with van der Waals surface area (Å²) in [6.07, 6.45) is 0.161. The van der Waals surface area contributed by atoms with Gasteiger partial charge in [-0.1, -0.05) is 17.7 Å². The number of anilines is 2. The summed E-state index contributed by atoms with van der Waals surface area (Å²) in [4.78, 5) is 26.3. The van der Waals surface area contributed by atoms with E-state index >= 15 is 0 Å². The van der Waals surface area contributed by atoms with Crippen LogP contribution in [0.2, 0.25) is 5.02 Å². The standard InChI is InChI=1S/C20H20ClN3O3/c1-13-8-14(2)10-16(9-13)24(7-3-6-22)19(25)12-27-20(26)17-11-15(21)4-5-18(17)23/h4-5,8-11H,3,7,12,23H2,1-2H3. The van der Waals surface area contributed by atoms with Crippen LogP contribution in [0.1, 0.15) is 27.9 Å². The van der Waals surface area contributed by atoms with Crippen LogP contribution in [0.25, 0.3) is 0 Å². The highest BCUT2D eigenvalue weighted by Gasteiger charge is 2.20. The van der Waals surface area contributed by atoms with Crippen LogP contribution in [-0.4, -0.2) is 25.0 Å². The topological polar surface area (TPSA) is 96.4 Å². The number of rotatable bonds is 6. The SMILES string of the molecule is Cc1cc(C)cc(N(CCC#N)C(=O)COC(=O)c2cc(Cl)ccc2N)c1. The predicted octanol–water partition coefficient (Wildman–Crippen LogP) is 3.64. The second kappa shape index (κ2) is 9.06. The zero-order valence-electron chi connectivity index (χ0n) is 15.2. The Labute approximate surface area is 163 Å². The predicted molar refractivity (Wildman–Crippen MR) is 105 cm³/mol. The van der Waals surface area contributed by atoms with Gasteiger partial charge >= 0.3 is 5.97 Å². The van der Waals surface area contributed by atoms with E-state index in [-0.39, 0.29) is 24.2 Å². The minimum atomic E-state index is -0.732. The third-order valence-corrected chi connectivity index (χ3v) is 4.06. The van der Waals surface area contributed by atoms with Gasteiger partial charge in [-0.15, -0.1) is 0 Å². The van der Waals surface area contributed by atoms with Crippen LogP contribution >= 0.6 is 11.6 Å². The molecule has 0 fully saturated rings. The number of carbonyl (C=O) groups is 2. The van der Waals surface area contributed by atoms with Gasteiger partial charge in [0, 0.05) is 22.9 Å². The molecule has 140 valence electrons. The summed E-state index contributed by atoms with van der Waals surface area (Å²) in [6.45, 7) is 3.58. The van der Waals surface area contributed by atoms with E-state index in [1.165, 1.54) is 17.0 Å². The van der Waals surface area contributed by atoms with Crippen molar-refractivity contribution in [3.63, 3.8) is 0 Å². The monoisotopic (exact) mass is 385 g/mol. The summed E-state index contributed by atoms with van der Waals surface area (Å²) >= 11 is 5.87. The lowest BCUT2D eigenvalue weighted by molar-refractivity contribution is -0.121. The average Bonchev–Trinajstić information content (AvgIpc) is 2.61. The number of benzene rings is 2. The van der Waals surface area contributed by atoms with E-state index in [1.807, 2.05) is 38.1 Å². The summed E-state index contributed by atoms with van der Waals surface area (Å²) < 4.78 is 5.12. The van der Waals surface area contributed by atoms with Crippen molar-refractivity contribution in [1.29, 1.82) is 5.26 Å². The molecular formula is C20H20ClN3O3. The number of amides is 1. The second-order valence-corrected chi connectivity index (χ2v) is 6.54. The molecule has 27 heavy (non-hydrogen) atoms. The van der Waals surface area contributed by atoms with Crippen LogP contribution in [0, 0.1) is 25.2 Å². The molecule has 0 aromatic heterocycles. The number of nitriles is 1. The number of nitrogens with zero attached hydrogens (tertiary/aromatic N) is 2. The van der Waals surface area contributed by atoms with Gasteiger partial charge in [-0.25, -0.2) is 4.79 Å². The lowest BCUT2D eigenvalue weighted by atomic mass is 10.1. The Morgan fingerprint density at radius 1 is 1.19 bits per heavy atom. The molecule has 0 aliphatic carbocycles.